The van der Waals surface area contributed by atoms with Crippen molar-refractivity contribution in [1.29, 1.82) is 0 Å². The molecule has 0 fully saturated rings. The number of halogens is 2. The standard InChI is InChI=1S/C8H5Cl2NO3S/c9-4-8-11-6-3-5(15(10,12)13)1-2-7(6)14-8/h1-3H,4H2. The van der Waals surface area contributed by atoms with Crippen LogP contribution in [0.25, 0.3) is 11.1 Å². The summed E-state index contributed by atoms with van der Waals surface area (Å²) in [6.45, 7) is 0. The fourth-order valence-corrected chi connectivity index (χ4v) is 2.05. The van der Waals surface area contributed by atoms with Gasteiger partial charge in [0, 0.05) is 10.7 Å². The van der Waals surface area contributed by atoms with Crippen molar-refractivity contribution in [3.63, 3.8) is 0 Å². The lowest BCUT2D eigenvalue weighted by Crippen LogP contribution is -1.89. The maximum Gasteiger partial charge on any atom is 0.261 e. The Kier molecular flexibility index (Phi) is 2.62. The van der Waals surface area contributed by atoms with Crippen molar-refractivity contribution in [3.05, 3.63) is 24.1 Å². The molecule has 1 aromatic heterocycles. The first kappa shape index (κ1) is 10.7. The summed E-state index contributed by atoms with van der Waals surface area (Å²) in [6, 6.07) is 4.19. The molecular weight excluding hydrogens is 261 g/mol. The number of aromatic nitrogens is 1. The molecule has 15 heavy (non-hydrogen) atoms. The van der Waals surface area contributed by atoms with Crippen LogP contribution in [0, 0.1) is 0 Å². The van der Waals surface area contributed by atoms with Crippen molar-refractivity contribution in [1.82, 2.24) is 4.98 Å². The Morgan fingerprint density at radius 1 is 1.40 bits per heavy atom. The lowest BCUT2D eigenvalue weighted by Gasteiger charge is -1.93. The molecule has 7 heteroatoms. The Morgan fingerprint density at radius 3 is 2.73 bits per heavy atom. The van der Waals surface area contributed by atoms with Gasteiger partial charge in [-0.25, -0.2) is 13.4 Å². The van der Waals surface area contributed by atoms with Gasteiger partial charge in [0.1, 0.15) is 5.52 Å². The molecule has 0 aliphatic carbocycles. The molecule has 0 N–H and O–H groups in total. The van der Waals surface area contributed by atoms with Gasteiger partial charge < -0.3 is 4.42 Å². The van der Waals surface area contributed by atoms with Crippen molar-refractivity contribution >= 4 is 42.4 Å². The average Bonchev–Trinajstić information content (AvgIpc) is 2.57. The van der Waals surface area contributed by atoms with Gasteiger partial charge in [-0.05, 0) is 18.2 Å². The van der Waals surface area contributed by atoms with Gasteiger partial charge in [0.15, 0.2) is 5.58 Å². The van der Waals surface area contributed by atoms with Crippen LogP contribution in [0.2, 0.25) is 0 Å². The molecule has 0 aliphatic heterocycles. The first-order valence-electron chi connectivity index (χ1n) is 3.91. The van der Waals surface area contributed by atoms with E-state index in [1.54, 1.807) is 0 Å². The molecule has 0 radical (unpaired) electrons. The minimum Gasteiger partial charge on any atom is -0.439 e. The minimum atomic E-state index is -3.73. The van der Waals surface area contributed by atoms with Gasteiger partial charge in [0.25, 0.3) is 9.05 Å². The second-order valence-electron chi connectivity index (χ2n) is 2.81. The predicted octanol–water partition coefficient (Wildman–Crippen LogP) is 2.49. The molecule has 80 valence electrons. The van der Waals surface area contributed by atoms with E-state index in [-0.39, 0.29) is 10.8 Å². The van der Waals surface area contributed by atoms with Gasteiger partial charge >= 0.3 is 0 Å². The van der Waals surface area contributed by atoms with Crippen molar-refractivity contribution in [3.8, 4) is 0 Å². The zero-order valence-electron chi connectivity index (χ0n) is 7.28. The molecule has 1 aromatic carbocycles. The molecule has 0 saturated carbocycles. The molecule has 0 spiro atoms. The fourth-order valence-electron chi connectivity index (χ4n) is 1.16. The summed E-state index contributed by atoms with van der Waals surface area (Å²) >= 11 is 5.53. The lowest BCUT2D eigenvalue weighted by molar-refractivity contribution is 0.555. The zero-order valence-corrected chi connectivity index (χ0v) is 9.60. The van der Waals surface area contributed by atoms with Crippen LogP contribution in [0.5, 0.6) is 0 Å². The number of nitrogens with zero attached hydrogens (tertiary/aromatic N) is 1. The molecule has 4 nitrogen and oxygen atoms in total. The van der Waals surface area contributed by atoms with Gasteiger partial charge in [-0.1, -0.05) is 0 Å². The van der Waals surface area contributed by atoms with Crippen LogP contribution in [0.3, 0.4) is 0 Å². The summed E-state index contributed by atoms with van der Waals surface area (Å²) in [5, 5.41) is 0. The third kappa shape index (κ3) is 2.09. The molecule has 0 atom stereocenters. The fraction of sp³-hybridized carbons (Fsp3) is 0.125. The van der Waals surface area contributed by atoms with E-state index in [0.717, 1.165) is 0 Å². The van der Waals surface area contributed by atoms with Crippen molar-refractivity contribution in [2.24, 2.45) is 0 Å². The normalized spacial score (nSPS) is 12.1. The molecule has 0 saturated heterocycles. The van der Waals surface area contributed by atoms with E-state index in [1.807, 2.05) is 0 Å². The van der Waals surface area contributed by atoms with E-state index in [1.165, 1.54) is 18.2 Å². The third-order valence-corrected chi connectivity index (χ3v) is 3.38. The van der Waals surface area contributed by atoms with Crippen LogP contribution in [-0.2, 0) is 14.9 Å². The molecular formula is C8H5Cl2NO3S. The van der Waals surface area contributed by atoms with E-state index in [2.05, 4.69) is 4.98 Å². The van der Waals surface area contributed by atoms with Crippen LogP contribution in [0.1, 0.15) is 5.89 Å². The van der Waals surface area contributed by atoms with Crippen LogP contribution < -0.4 is 0 Å². The molecule has 0 unspecified atom stereocenters. The van der Waals surface area contributed by atoms with Crippen molar-refractivity contribution in [2.45, 2.75) is 10.8 Å². The quantitative estimate of drug-likeness (QED) is 0.619. The maximum absolute atomic E-state index is 11.0. The predicted molar refractivity (Wildman–Crippen MR) is 56.6 cm³/mol. The smallest absolute Gasteiger partial charge is 0.261 e. The Hall–Kier alpha value is -0.780. The summed E-state index contributed by atoms with van der Waals surface area (Å²) in [5.74, 6) is 0.480. The summed E-state index contributed by atoms with van der Waals surface area (Å²) < 4.78 is 27.3. The largest absolute Gasteiger partial charge is 0.439 e. The SMILES string of the molecule is O=S(=O)(Cl)c1ccc2oc(CCl)nc2c1. The topological polar surface area (TPSA) is 60.2 Å². The molecule has 0 amide bonds. The van der Waals surface area contributed by atoms with Gasteiger partial charge in [-0.15, -0.1) is 11.6 Å². The Morgan fingerprint density at radius 2 is 2.13 bits per heavy atom. The number of rotatable bonds is 2. The highest BCUT2D eigenvalue weighted by atomic mass is 35.7. The zero-order chi connectivity index (χ0) is 11.1. The highest BCUT2D eigenvalue weighted by molar-refractivity contribution is 8.13. The minimum absolute atomic E-state index is 0.00825. The van der Waals surface area contributed by atoms with Crippen molar-refractivity contribution in [2.75, 3.05) is 0 Å². The Bertz CT molecular complexity index is 605. The third-order valence-electron chi connectivity index (χ3n) is 1.80. The van der Waals surface area contributed by atoms with Crippen molar-refractivity contribution < 1.29 is 12.8 Å². The average molecular weight is 266 g/mol. The van der Waals surface area contributed by atoms with Gasteiger partial charge in [-0.3, -0.25) is 0 Å². The van der Waals surface area contributed by atoms with E-state index < -0.39 is 9.05 Å². The number of benzene rings is 1. The molecule has 1 heterocycles. The summed E-state index contributed by atoms with van der Waals surface area (Å²) in [7, 11) is 1.45. The highest BCUT2D eigenvalue weighted by Crippen LogP contribution is 2.22. The first-order valence-corrected chi connectivity index (χ1v) is 6.75. The van der Waals surface area contributed by atoms with E-state index in [4.69, 9.17) is 26.7 Å². The first-order chi connectivity index (χ1) is 7.00. The number of alkyl halides is 1. The van der Waals surface area contributed by atoms with Crippen LogP contribution in [0.15, 0.2) is 27.5 Å². The van der Waals surface area contributed by atoms with Crippen LogP contribution in [0.4, 0.5) is 0 Å². The summed E-state index contributed by atoms with van der Waals surface area (Å²) in [6.07, 6.45) is 0. The van der Waals surface area contributed by atoms with Gasteiger partial charge in [0.2, 0.25) is 5.89 Å². The summed E-state index contributed by atoms with van der Waals surface area (Å²) in [5.41, 5.74) is 0.905. The number of fused-ring (bicyclic) bond motifs is 1. The van der Waals surface area contributed by atoms with E-state index >= 15 is 0 Å². The van der Waals surface area contributed by atoms with Crippen LogP contribution >= 0.6 is 22.3 Å². The molecule has 0 bridgehead atoms. The Labute approximate surface area is 95.2 Å². The molecule has 2 rings (SSSR count). The maximum atomic E-state index is 11.0. The lowest BCUT2D eigenvalue weighted by atomic mass is 10.3. The van der Waals surface area contributed by atoms with Gasteiger partial charge in [0.05, 0.1) is 10.8 Å². The second-order valence-corrected chi connectivity index (χ2v) is 5.64. The summed E-state index contributed by atoms with van der Waals surface area (Å²) in [4.78, 5) is 3.98. The Balaban J connectivity index is 2.66. The number of oxazole rings is 1. The monoisotopic (exact) mass is 265 g/mol. The second kappa shape index (κ2) is 3.66. The van der Waals surface area contributed by atoms with E-state index in [9.17, 15) is 8.42 Å². The molecule has 2 aromatic rings. The highest BCUT2D eigenvalue weighted by Gasteiger charge is 2.13. The van der Waals surface area contributed by atoms with Gasteiger partial charge in [-0.2, -0.15) is 0 Å². The van der Waals surface area contributed by atoms with E-state index in [0.29, 0.717) is 17.0 Å². The molecule has 0 aliphatic rings. The van der Waals surface area contributed by atoms with Crippen LogP contribution in [-0.4, -0.2) is 13.4 Å². The number of hydrogen-bond acceptors (Lipinski definition) is 4. The number of hydrogen-bond donors (Lipinski definition) is 0.